The molecule has 1 aliphatic rings. The van der Waals surface area contributed by atoms with E-state index in [9.17, 15) is 20.0 Å². The molecular weight excluding hydrogens is 274 g/mol. The van der Waals surface area contributed by atoms with Crippen molar-refractivity contribution in [2.24, 2.45) is 0 Å². The highest BCUT2D eigenvalue weighted by molar-refractivity contribution is 5.95. The van der Waals surface area contributed by atoms with E-state index in [2.05, 4.69) is 0 Å². The predicted molar refractivity (Wildman–Crippen MR) is 77.9 cm³/mol. The number of aliphatic hydroxyl groups is 1. The van der Waals surface area contributed by atoms with Gasteiger partial charge in [-0.3, -0.25) is 14.9 Å². The van der Waals surface area contributed by atoms with Gasteiger partial charge in [0.2, 0.25) is 0 Å². The van der Waals surface area contributed by atoms with Gasteiger partial charge in [-0.1, -0.05) is 12.8 Å². The summed E-state index contributed by atoms with van der Waals surface area (Å²) in [4.78, 5) is 23.9. The van der Waals surface area contributed by atoms with Crippen LogP contribution >= 0.6 is 0 Å². The average molecular weight is 293 g/mol. The molecule has 1 saturated carbocycles. The minimum absolute atomic E-state index is 0.0428. The van der Waals surface area contributed by atoms with Crippen molar-refractivity contribution in [3.8, 4) is 0 Å². The molecule has 0 heterocycles. The minimum Gasteiger partial charge on any atom is -0.393 e. The van der Waals surface area contributed by atoms with E-state index in [1.807, 2.05) is 0 Å². The maximum Gasteiger partial charge on any atom is 0.292 e. The summed E-state index contributed by atoms with van der Waals surface area (Å²) in [5.41, 5.74) is 4.78. The number of likely N-dealkylation sites (N-methyl/N-ethyl adjacent to an activating group) is 1. The molecule has 2 rings (SSSR count). The van der Waals surface area contributed by atoms with Gasteiger partial charge in [0.1, 0.15) is 5.69 Å². The first-order valence-corrected chi connectivity index (χ1v) is 6.84. The first kappa shape index (κ1) is 15.2. The lowest BCUT2D eigenvalue weighted by molar-refractivity contribution is -0.383. The Balaban J connectivity index is 2.12. The predicted octanol–water partition coefficient (Wildman–Crippen LogP) is 1.55. The number of carbonyl (C=O) groups excluding carboxylic acids is 1. The summed E-state index contributed by atoms with van der Waals surface area (Å²) in [7, 11) is 1.61. The third kappa shape index (κ3) is 3.30. The first-order valence-electron chi connectivity index (χ1n) is 6.84. The molecule has 0 saturated heterocycles. The summed E-state index contributed by atoms with van der Waals surface area (Å²) in [6.07, 6.45) is 3.30. The zero-order chi connectivity index (χ0) is 15.6. The Bertz CT molecular complexity index is 567. The van der Waals surface area contributed by atoms with E-state index in [0.29, 0.717) is 12.8 Å². The van der Waals surface area contributed by atoms with E-state index in [1.165, 1.54) is 23.1 Å². The summed E-state index contributed by atoms with van der Waals surface area (Å²) < 4.78 is 0. The van der Waals surface area contributed by atoms with E-state index < -0.39 is 10.5 Å². The van der Waals surface area contributed by atoms with Gasteiger partial charge in [-0.05, 0) is 25.0 Å². The Hall–Kier alpha value is -2.15. The Kier molecular flexibility index (Phi) is 4.13. The number of hydrogen-bond donors (Lipinski definition) is 2. The molecule has 1 aliphatic carbocycles. The van der Waals surface area contributed by atoms with Crippen molar-refractivity contribution in [2.75, 3.05) is 19.3 Å². The smallest absolute Gasteiger partial charge is 0.292 e. The molecule has 0 radical (unpaired) electrons. The quantitative estimate of drug-likeness (QED) is 0.497. The van der Waals surface area contributed by atoms with Crippen molar-refractivity contribution in [3.05, 3.63) is 33.9 Å². The van der Waals surface area contributed by atoms with Gasteiger partial charge in [-0.25, -0.2) is 0 Å². The lowest BCUT2D eigenvalue weighted by Crippen LogP contribution is -2.42. The number of rotatable bonds is 4. The number of nitrogens with two attached hydrogens (primary N) is 1. The SMILES string of the molecule is CN(CC1(O)CCCC1)C(=O)c1ccc([N+](=O)[O-])c(N)c1. The van der Waals surface area contributed by atoms with Crippen LogP contribution in [0, 0.1) is 10.1 Å². The van der Waals surface area contributed by atoms with Crippen molar-refractivity contribution in [1.82, 2.24) is 4.90 Å². The van der Waals surface area contributed by atoms with Crippen LogP contribution in [0.3, 0.4) is 0 Å². The molecule has 0 bridgehead atoms. The molecule has 1 aromatic carbocycles. The van der Waals surface area contributed by atoms with Gasteiger partial charge in [0, 0.05) is 25.2 Å². The molecular formula is C14H19N3O4. The number of benzene rings is 1. The number of nitro benzene ring substituents is 1. The molecule has 0 aliphatic heterocycles. The number of nitrogen functional groups attached to an aromatic ring is 1. The number of carbonyl (C=O) groups is 1. The van der Waals surface area contributed by atoms with Crippen molar-refractivity contribution in [2.45, 2.75) is 31.3 Å². The van der Waals surface area contributed by atoms with E-state index in [-0.39, 0.29) is 29.4 Å². The third-order valence-electron chi connectivity index (χ3n) is 3.88. The van der Waals surface area contributed by atoms with E-state index in [1.54, 1.807) is 7.05 Å². The standard InChI is InChI=1S/C14H19N3O4/c1-16(9-14(19)6-2-3-7-14)13(18)10-4-5-12(17(20)21)11(15)8-10/h4-5,8,19H,2-3,6-7,9,15H2,1H3. The summed E-state index contributed by atoms with van der Waals surface area (Å²) in [6, 6.07) is 3.91. The lowest BCUT2D eigenvalue weighted by atomic mass is 10.0. The van der Waals surface area contributed by atoms with Crippen molar-refractivity contribution < 1.29 is 14.8 Å². The minimum atomic E-state index is -0.823. The molecule has 0 unspecified atom stereocenters. The molecule has 1 fully saturated rings. The molecule has 7 nitrogen and oxygen atoms in total. The van der Waals surface area contributed by atoms with Crippen LogP contribution < -0.4 is 5.73 Å². The number of nitrogens with zero attached hydrogens (tertiary/aromatic N) is 2. The molecule has 1 aromatic rings. The van der Waals surface area contributed by atoms with Crippen LogP contribution in [0.2, 0.25) is 0 Å². The highest BCUT2D eigenvalue weighted by Gasteiger charge is 2.33. The van der Waals surface area contributed by atoms with Crippen molar-refractivity contribution >= 4 is 17.3 Å². The number of amides is 1. The lowest BCUT2D eigenvalue weighted by Gasteiger charge is -2.28. The zero-order valence-corrected chi connectivity index (χ0v) is 11.9. The van der Waals surface area contributed by atoms with Crippen LogP contribution in [0.5, 0.6) is 0 Å². The first-order chi connectivity index (χ1) is 9.82. The van der Waals surface area contributed by atoms with Gasteiger partial charge in [0.15, 0.2) is 0 Å². The highest BCUT2D eigenvalue weighted by atomic mass is 16.6. The maximum absolute atomic E-state index is 12.3. The number of anilines is 1. The Labute approximate surface area is 122 Å². The molecule has 3 N–H and O–H groups in total. The topological polar surface area (TPSA) is 110 Å². The summed E-state index contributed by atoms with van der Waals surface area (Å²) in [5.74, 6) is -0.308. The molecule has 7 heteroatoms. The largest absolute Gasteiger partial charge is 0.393 e. The van der Waals surface area contributed by atoms with E-state index in [4.69, 9.17) is 5.73 Å². The Morgan fingerprint density at radius 3 is 2.62 bits per heavy atom. The molecule has 1 amide bonds. The van der Waals surface area contributed by atoms with Crippen LogP contribution in [0.25, 0.3) is 0 Å². The van der Waals surface area contributed by atoms with Gasteiger partial charge >= 0.3 is 0 Å². The molecule has 0 aromatic heterocycles. The highest BCUT2D eigenvalue weighted by Crippen LogP contribution is 2.30. The van der Waals surface area contributed by atoms with Crippen LogP contribution in [0.15, 0.2) is 18.2 Å². The van der Waals surface area contributed by atoms with Crippen molar-refractivity contribution in [3.63, 3.8) is 0 Å². The second kappa shape index (κ2) is 5.69. The van der Waals surface area contributed by atoms with Crippen LogP contribution in [-0.4, -0.2) is 40.0 Å². The summed E-state index contributed by atoms with van der Waals surface area (Å²) in [5, 5.41) is 21.0. The fraction of sp³-hybridized carbons (Fsp3) is 0.500. The zero-order valence-electron chi connectivity index (χ0n) is 11.9. The number of hydrogen-bond acceptors (Lipinski definition) is 5. The van der Waals surface area contributed by atoms with Gasteiger partial charge in [0.05, 0.1) is 10.5 Å². The molecule has 114 valence electrons. The van der Waals surface area contributed by atoms with Gasteiger partial charge in [-0.2, -0.15) is 0 Å². The second-order valence-corrected chi connectivity index (χ2v) is 5.62. The van der Waals surface area contributed by atoms with Crippen molar-refractivity contribution in [1.29, 1.82) is 0 Å². The molecule has 0 atom stereocenters. The monoisotopic (exact) mass is 293 g/mol. The fourth-order valence-corrected chi connectivity index (χ4v) is 2.78. The van der Waals surface area contributed by atoms with Gasteiger partial charge < -0.3 is 15.7 Å². The Morgan fingerprint density at radius 2 is 2.10 bits per heavy atom. The third-order valence-corrected chi connectivity index (χ3v) is 3.88. The van der Waals surface area contributed by atoms with Crippen LogP contribution in [0.1, 0.15) is 36.0 Å². The van der Waals surface area contributed by atoms with E-state index >= 15 is 0 Å². The maximum atomic E-state index is 12.3. The van der Waals surface area contributed by atoms with Gasteiger partial charge in [-0.15, -0.1) is 0 Å². The molecule has 0 spiro atoms. The normalized spacial score (nSPS) is 16.7. The Morgan fingerprint density at radius 1 is 1.48 bits per heavy atom. The summed E-state index contributed by atoms with van der Waals surface area (Å²) in [6.45, 7) is 0.253. The average Bonchev–Trinajstić information content (AvgIpc) is 2.83. The molecule has 21 heavy (non-hydrogen) atoms. The van der Waals surface area contributed by atoms with Crippen LogP contribution in [-0.2, 0) is 0 Å². The van der Waals surface area contributed by atoms with E-state index in [0.717, 1.165) is 12.8 Å². The van der Waals surface area contributed by atoms with Crippen LogP contribution in [0.4, 0.5) is 11.4 Å². The second-order valence-electron chi connectivity index (χ2n) is 5.62. The van der Waals surface area contributed by atoms with Gasteiger partial charge in [0.25, 0.3) is 11.6 Å². The summed E-state index contributed by atoms with van der Waals surface area (Å²) >= 11 is 0. The fourth-order valence-electron chi connectivity index (χ4n) is 2.78. The number of nitro groups is 1.